The second-order valence-electron chi connectivity index (χ2n) is 3.45. The first kappa shape index (κ1) is 11.7. The molecule has 1 aromatic carbocycles. The van der Waals surface area contributed by atoms with Crippen molar-refractivity contribution in [2.75, 3.05) is 25.5 Å². The van der Waals surface area contributed by atoms with Crippen molar-refractivity contribution in [1.82, 2.24) is 10.3 Å². The molecule has 0 aliphatic heterocycles. The highest BCUT2D eigenvalue weighted by Gasteiger charge is 2.19. The number of hydrogen-bond acceptors (Lipinski definition) is 6. The molecule has 0 unspecified atom stereocenters. The number of nitrogens with zero attached hydrogens (tertiary/aromatic N) is 2. The number of hydrogen-bond donors (Lipinski definition) is 2. The number of thiazole rings is 1. The molecular formula is C10H12N4O2S. The Hall–Kier alpha value is -1.73. The maximum Gasteiger partial charge on any atom is 0.319 e. The van der Waals surface area contributed by atoms with Crippen molar-refractivity contribution in [2.45, 2.75) is 0 Å². The van der Waals surface area contributed by atoms with Gasteiger partial charge in [0.2, 0.25) is 0 Å². The van der Waals surface area contributed by atoms with E-state index in [0.717, 1.165) is 11.2 Å². The molecule has 7 heteroatoms. The maximum atomic E-state index is 11.1. The lowest BCUT2D eigenvalue weighted by Crippen LogP contribution is -2.18. The zero-order valence-electron chi connectivity index (χ0n) is 9.27. The molecule has 0 aliphatic carbocycles. The van der Waals surface area contributed by atoms with Crippen LogP contribution < -0.4 is 10.6 Å². The fourth-order valence-corrected chi connectivity index (χ4v) is 2.25. The summed E-state index contributed by atoms with van der Waals surface area (Å²) in [5.74, 6) is 0. The highest BCUT2D eigenvalue weighted by Crippen LogP contribution is 2.34. The third-order valence-electron chi connectivity index (χ3n) is 2.35. The molecule has 0 radical (unpaired) electrons. The number of nitrogens with one attached hydrogen (secondary N) is 2. The quantitative estimate of drug-likeness (QED) is 0.482. The molecule has 6 nitrogen and oxygen atoms in total. The van der Waals surface area contributed by atoms with Crippen LogP contribution in [0, 0.1) is 10.1 Å². The van der Waals surface area contributed by atoms with Gasteiger partial charge in [0.15, 0.2) is 5.52 Å². The average Bonchev–Trinajstić information content (AvgIpc) is 2.76. The van der Waals surface area contributed by atoms with Gasteiger partial charge in [-0.2, -0.15) is 0 Å². The third-order valence-corrected chi connectivity index (χ3v) is 3.14. The smallest absolute Gasteiger partial charge is 0.319 e. The molecule has 1 heterocycles. The van der Waals surface area contributed by atoms with Gasteiger partial charge in [-0.25, -0.2) is 4.98 Å². The molecule has 0 atom stereocenters. The molecule has 0 aliphatic rings. The molecule has 1 aromatic heterocycles. The second kappa shape index (κ2) is 5.07. The lowest BCUT2D eigenvalue weighted by atomic mass is 10.2. The molecular weight excluding hydrogens is 240 g/mol. The summed E-state index contributed by atoms with van der Waals surface area (Å²) in [6.07, 6.45) is 0. The van der Waals surface area contributed by atoms with E-state index < -0.39 is 0 Å². The molecule has 2 aromatic rings. The first-order valence-electron chi connectivity index (χ1n) is 5.13. The summed E-state index contributed by atoms with van der Waals surface area (Å²) in [7, 11) is 1.83. The van der Waals surface area contributed by atoms with Gasteiger partial charge in [0, 0.05) is 13.1 Å². The van der Waals surface area contributed by atoms with Crippen LogP contribution in [0.25, 0.3) is 10.2 Å². The van der Waals surface area contributed by atoms with Gasteiger partial charge in [0.25, 0.3) is 0 Å². The second-order valence-corrected chi connectivity index (χ2v) is 4.33. The van der Waals surface area contributed by atoms with Crippen LogP contribution in [-0.4, -0.2) is 30.0 Å². The minimum Gasteiger partial charge on any atom is -0.378 e. The van der Waals surface area contributed by atoms with Crippen LogP contribution in [0.3, 0.4) is 0 Å². The van der Waals surface area contributed by atoms with Crippen LogP contribution in [0.2, 0.25) is 0 Å². The Morgan fingerprint density at radius 2 is 2.29 bits per heavy atom. The largest absolute Gasteiger partial charge is 0.378 e. The van der Waals surface area contributed by atoms with Gasteiger partial charge in [0.05, 0.1) is 15.1 Å². The standard InChI is InChI=1S/C10H12N4O2S/c1-11-4-5-12-7-2-3-8-9(13-6-17-8)10(7)14(15)16/h2-3,6,11-12H,4-5H2,1H3. The number of anilines is 1. The van der Waals surface area contributed by atoms with Crippen molar-refractivity contribution >= 4 is 32.9 Å². The van der Waals surface area contributed by atoms with Crippen molar-refractivity contribution < 1.29 is 4.92 Å². The third kappa shape index (κ3) is 2.34. The van der Waals surface area contributed by atoms with Gasteiger partial charge in [-0.15, -0.1) is 11.3 Å². The van der Waals surface area contributed by atoms with Crippen molar-refractivity contribution in [3.63, 3.8) is 0 Å². The lowest BCUT2D eigenvalue weighted by Gasteiger charge is -2.06. The highest BCUT2D eigenvalue weighted by molar-refractivity contribution is 7.16. The number of fused-ring (bicyclic) bond motifs is 1. The van der Waals surface area contributed by atoms with Gasteiger partial charge in [-0.1, -0.05) is 0 Å². The predicted molar refractivity (Wildman–Crippen MR) is 68.7 cm³/mol. The van der Waals surface area contributed by atoms with E-state index in [1.807, 2.05) is 13.1 Å². The molecule has 0 saturated carbocycles. The molecule has 0 spiro atoms. The monoisotopic (exact) mass is 252 g/mol. The Kier molecular flexibility index (Phi) is 3.50. The molecule has 0 bridgehead atoms. The van der Waals surface area contributed by atoms with E-state index in [0.29, 0.717) is 17.7 Å². The summed E-state index contributed by atoms with van der Waals surface area (Å²) in [5.41, 5.74) is 2.65. The van der Waals surface area contributed by atoms with Crippen molar-refractivity contribution in [3.05, 3.63) is 27.8 Å². The topological polar surface area (TPSA) is 80.1 Å². The number of nitro groups is 1. The van der Waals surface area contributed by atoms with E-state index in [4.69, 9.17) is 0 Å². The highest BCUT2D eigenvalue weighted by atomic mass is 32.1. The Morgan fingerprint density at radius 1 is 1.47 bits per heavy atom. The summed E-state index contributed by atoms with van der Waals surface area (Å²) in [4.78, 5) is 14.7. The minimum atomic E-state index is -0.385. The van der Waals surface area contributed by atoms with Gasteiger partial charge >= 0.3 is 5.69 Å². The summed E-state index contributed by atoms with van der Waals surface area (Å²) in [6, 6.07) is 3.58. The zero-order valence-corrected chi connectivity index (χ0v) is 10.1. The maximum absolute atomic E-state index is 11.1. The van der Waals surface area contributed by atoms with E-state index in [1.165, 1.54) is 11.3 Å². The van der Waals surface area contributed by atoms with Crippen LogP contribution in [0.5, 0.6) is 0 Å². The summed E-state index contributed by atoms with van der Waals surface area (Å²) < 4.78 is 0.830. The van der Waals surface area contributed by atoms with Crippen LogP contribution >= 0.6 is 11.3 Å². The SMILES string of the molecule is CNCCNc1ccc2scnc2c1[N+](=O)[O-]. The van der Waals surface area contributed by atoms with Crippen LogP contribution in [-0.2, 0) is 0 Å². The van der Waals surface area contributed by atoms with E-state index in [-0.39, 0.29) is 10.6 Å². The number of nitro benzene ring substituents is 1. The minimum absolute atomic E-state index is 0.0554. The van der Waals surface area contributed by atoms with E-state index >= 15 is 0 Å². The van der Waals surface area contributed by atoms with E-state index in [2.05, 4.69) is 15.6 Å². The van der Waals surface area contributed by atoms with Gasteiger partial charge < -0.3 is 10.6 Å². The van der Waals surface area contributed by atoms with Gasteiger partial charge in [-0.05, 0) is 19.2 Å². The van der Waals surface area contributed by atoms with Crippen molar-refractivity contribution in [1.29, 1.82) is 0 Å². The number of likely N-dealkylation sites (N-methyl/N-ethyl adjacent to an activating group) is 1. The van der Waals surface area contributed by atoms with Crippen molar-refractivity contribution in [2.24, 2.45) is 0 Å². The van der Waals surface area contributed by atoms with E-state index in [9.17, 15) is 10.1 Å². The molecule has 0 amide bonds. The van der Waals surface area contributed by atoms with Crippen molar-refractivity contribution in [3.8, 4) is 0 Å². The summed E-state index contributed by atoms with van der Waals surface area (Å²) in [5, 5.41) is 17.1. The number of rotatable bonds is 5. The predicted octanol–water partition coefficient (Wildman–Crippen LogP) is 1.84. The zero-order chi connectivity index (χ0) is 12.3. The first-order chi connectivity index (χ1) is 8.24. The lowest BCUT2D eigenvalue weighted by molar-refractivity contribution is -0.382. The first-order valence-corrected chi connectivity index (χ1v) is 6.01. The molecule has 2 rings (SSSR count). The fourth-order valence-electron chi connectivity index (χ4n) is 1.57. The number of benzene rings is 1. The molecule has 0 saturated heterocycles. The Morgan fingerprint density at radius 3 is 3.00 bits per heavy atom. The Bertz CT molecular complexity index is 540. The van der Waals surface area contributed by atoms with Crippen LogP contribution in [0.15, 0.2) is 17.6 Å². The van der Waals surface area contributed by atoms with Gasteiger partial charge in [-0.3, -0.25) is 10.1 Å². The van der Waals surface area contributed by atoms with Gasteiger partial charge in [0.1, 0.15) is 5.69 Å². The Balaban J connectivity index is 2.39. The normalized spacial score (nSPS) is 10.6. The van der Waals surface area contributed by atoms with E-state index in [1.54, 1.807) is 11.6 Å². The molecule has 2 N–H and O–H groups in total. The molecule has 17 heavy (non-hydrogen) atoms. The summed E-state index contributed by atoms with van der Waals surface area (Å²) >= 11 is 1.40. The average molecular weight is 252 g/mol. The fraction of sp³-hybridized carbons (Fsp3) is 0.300. The van der Waals surface area contributed by atoms with Crippen LogP contribution in [0.4, 0.5) is 11.4 Å². The summed E-state index contributed by atoms with van der Waals surface area (Å²) in [6.45, 7) is 1.37. The van der Waals surface area contributed by atoms with Crippen LogP contribution in [0.1, 0.15) is 0 Å². The Labute approximate surface area is 102 Å². The number of aromatic nitrogens is 1. The molecule has 0 fully saturated rings. The molecule has 90 valence electrons.